The van der Waals surface area contributed by atoms with Gasteiger partial charge in [-0.15, -0.1) is 0 Å². The number of nitrogens with zero attached hydrogens (tertiary/aromatic N) is 2. The fourth-order valence-electron chi connectivity index (χ4n) is 1.90. The molecule has 1 rings (SSSR count). The third kappa shape index (κ3) is 4.17. The van der Waals surface area contributed by atoms with Gasteiger partial charge in [-0.3, -0.25) is 0 Å². The normalized spacial score (nSPS) is 10.4. The summed E-state index contributed by atoms with van der Waals surface area (Å²) in [5, 5.41) is 6.56. The molecule has 0 aliphatic heterocycles. The molecule has 0 amide bonds. The fraction of sp³-hybridized carbons (Fsp3) is 0.714. The summed E-state index contributed by atoms with van der Waals surface area (Å²) >= 11 is 0. The Kier molecular flexibility index (Phi) is 6.47. The third-order valence-corrected chi connectivity index (χ3v) is 3.07. The van der Waals surface area contributed by atoms with E-state index in [-0.39, 0.29) is 0 Å². The number of aromatic nitrogens is 2. The minimum absolute atomic E-state index is 0.861. The minimum Gasteiger partial charge on any atom is -0.373 e. The second-order valence-electron chi connectivity index (χ2n) is 4.55. The van der Waals surface area contributed by atoms with Crippen LogP contribution in [0.4, 0.5) is 11.6 Å². The predicted octanol–water partition coefficient (Wildman–Crippen LogP) is 3.38. The van der Waals surface area contributed by atoms with Gasteiger partial charge in [0.1, 0.15) is 17.5 Å². The molecule has 4 heteroatoms. The Morgan fingerprint density at radius 2 is 1.72 bits per heavy atom. The average Bonchev–Trinajstić information content (AvgIpc) is 2.40. The summed E-state index contributed by atoms with van der Waals surface area (Å²) < 4.78 is 0. The van der Waals surface area contributed by atoms with E-state index in [9.17, 15) is 0 Å². The van der Waals surface area contributed by atoms with Crippen molar-refractivity contribution in [3.8, 4) is 0 Å². The Labute approximate surface area is 111 Å². The molecule has 0 unspecified atom stereocenters. The highest BCUT2D eigenvalue weighted by Crippen LogP contribution is 2.19. The Morgan fingerprint density at radius 3 is 2.33 bits per heavy atom. The summed E-state index contributed by atoms with van der Waals surface area (Å²) in [5.74, 6) is 2.79. The number of rotatable bonds is 8. The second kappa shape index (κ2) is 7.90. The molecule has 0 atom stereocenters. The van der Waals surface area contributed by atoms with Crippen LogP contribution in [-0.4, -0.2) is 23.6 Å². The lowest BCUT2D eigenvalue weighted by Crippen LogP contribution is -2.10. The number of hydrogen-bond acceptors (Lipinski definition) is 4. The molecule has 102 valence electrons. The van der Waals surface area contributed by atoms with Crippen molar-refractivity contribution in [1.29, 1.82) is 0 Å². The monoisotopic (exact) mass is 250 g/mol. The highest BCUT2D eigenvalue weighted by Gasteiger charge is 2.08. The maximum atomic E-state index is 4.55. The zero-order valence-corrected chi connectivity index (χ0v) is 12.1. The van der Waals surface area contributed by atoms with Gasteiger partial charge in [0, 0.05) is 25.6 Å². The van der Waals surface area contributed by atoms with E-state index < -0.39 is 0 Å². The van der Waals surface area contributed by atoms with E-state index in [2.05, 4.69) is 41.4 Å². The average molecular weight is 250 g/mol. The highest BCUT2D eigenvalue weighted by molar-refractivity contribution is 5.56. The summed E-state index contributed by atoms with van der Waals surface area (Å²) in [6, 6.07) is 0. The van der Waals surface area contributed by atoms with Crippen molar-refractivity contribution in [2.24, 2.45) is 0 Å². The number of hydrogen-bond donors (Lipinski definition) is 2. The van der Waals surface area contributed by atoms with Crippen molar-refractivity contribution in [1.82, 2.24) is 9.97 Å². The molecule has 0 aliphatic rings. The van der Waals surface area contributed by atoms with Crippen molar-refractivity contribution < 1.29 is 0 Å². The standard InChI is InChI=1S/C14H26N4/c1-5-7-8-9-10-16-14-11(3)13(15-4)17-12(6-2)18-14/h5-10H2,1-4H3,(H2,15,16,17,18). The van der Waals surface area contributed by atoms with E-state index in [1.54, 1.807) is 0 Å². The van der Waals surface area contributed by atoms with E-state index in [1.807, 2.05) is 7.05 Å². The van der Waals surface area contributed by atoms with Gasteiger partial charge in [0.25, 0.3) is 0 Å². The molecule has 0 spiro atoms. The maximum Gasteiger partial charge on any atom is 0.134 e. The second-order valence-corrected chi connectivity index (χ2v) is 4.55. The molecule has 4 nitrogen and oxygen atoms in total. The topological polar surface area (TPSA) is 49.8 Å². The number of nitrogens with one attached hydrogen (secondary N) is 2. The van der Waals surface area contributed by atoms with Crippen LogP contribution < -0.4 is 10.6 Å². The molecular weight excluding hydrogens is 224 g/mol. The summed E-state index contributed by atoms with van der Waals surface area (Å²) in [4.78, 5) is 9.02. The Morgan fingerprint density at radius 1 is 1.00 bits per heavy atom. The Hall–Kier alpha value is -1.32. The minimum atomic E-state index is 0.861. The maximum absolute atomic E-state index is 4.55. The van der Waals surface area contributed by atoms with E-state index in [0.29, 0.717) is 0 Å². The van der Waals surface area contributed by atoms with Crippen molar-refractivity contribution in [3.05, 3.63) is 11.4 Å². The zero-order valence-electron chi connectivity index (χ0n) is 12.1. The first kappa shape index (κ1) is 14.7. The van der Waals surface area contributed by atoms with Crippen LogP contribution in [0.25, 0.3) is 0 Å². The van der Waals surface area contributed by atoms with Crippen LogP contribution in [0, 0.1) is 6.92 Å². The number of aryl methyl sites for hydroxylation is 1. The van der Waals surface area contributed by atoms with Crippen LogP contribution in [-0.2, 0) is 6.42 Å². The van der Waals surface area contributed by atoms with Gasteiger partial charge in [0.05, 0.1) is 0 Å². The smallest absolute Gasteiger partial charge is 0.134 e. The molecule has 1 heterocycles. The van der Waals surface area contributed by atoms with Gasteiger partial charge in [-0.1, -0.05) is 33.1 Å². The SMILES string of the molecule is CCCCCCNc1nc(CC)nc(NC)c1C. The molecule has 0 bridgehead atoms. The first-order chi connectivity index (χ1) is 8.72. The molecule has 1 aromatic heterocycles. The molecule has 0 saturated carbocycles. The van der Waals surface area contributed by atoms with Crippen LogP contribution in [0.3, 0.4) is 0 Å². The predicted molar refractivity (Wildman–Crippen MR) is 78.3 cm³/mol. The van der Waals surface area contributed by atoms with Crippen LogP contribution >= 0.6 is 0 Å². The van der Waals surface area contributed by atoms with Gasteiger partial charge >= 0.3 is 0 Å². The van der Waals surface area contributed by atoms with Crippen LogP contribution in [0.5, 0.6) is 0 Å². The van der Waals surface area contributed by atoms with Crippen LogP contribution in [0.2, 0.25) is 0 Å². The molecule has 1 aromatic rings. The molecule has 0 radical (unpaired) electrons. The van der Waals surface area contributed by atoms with Crippen molar-refractivity contribution in [2.75, 3.05) is 24.2 Å². The van der Waals surface area contributed by atoms with Gasteiger partial charge in [0.15, 0.2) is 0 Å². The Bertz CT molecular complexity index is 363. The molecule has 18 heavy (non-hydrogen) atoms. The van der Waals surface area contributed by atoms with Crippen molar-refractivity contribution in [2.45, 2.75) is 52.9 Å². The summed E-state index contributed by atoms with van der Waals surface area (Å²) in [6.45, 7) is 7.35. The molecule has 0 fully saturated rings. The summed E-state index contributed by atoms with van der Waals surface area (Å²) in [5.41, 5.74) is 1.10. The third-order valence-electron chi connectivity index (χ3n) is 3.07. The largest absolute Gasteiger partial charge is 0.373 e. The summed E-state index contributed by atoms with van der Waals surface area (Å²) in [7, 11) is 1.90. The summed E-state index contributed by atoms with van der Waals surface area (Å²) in [6.07, 6.45) is 5.93. The zero-order chi connectivity index (χ0) is 13.4. The lowest BCUT2D eigenvalue weighted by Gasteiger charge is -2.13. The van der Waals surface area contributed by atoms with Gasteiger partial charge in [-0.25, -0.2) is 9.97 Å². The van der Waals surface area contributed by atoms with Gasteiger partial charge in [-0.05, 0) is 13.3 Å². The highest BCUT2D eigenvalue weighted by atomic mass is 15.1. The lowest BCUT2D eigenvalue weighted by molar-refractivity contribution is 0.683. The molecule has 0 saturated heterocycles. The quantitative estimate of drug-likeness (QED) is 0.694. The van der Waals surface area contributed by atoms with Gasteiger partial charge in [0.2, 0.25) is 0 Å². The first-order valence-electron chi connectivity index (χ1n) is 7.02. The van der Waals surface area contributed by atoms with Crippen LogP contribution in [0.15, 0.2) is 0 Å². The van der Waals surface area contributed by atoms with Gasteiger partial charge < -0.3 is 10.6 Å². The first-order valence-corrected chi connectivity index (χ1v) is 7.02. The van der Waals surface area contributed by atoms with Gasteiger partial charge in [-0.2, -0.15) is 0 Å². The fourth-order valence-corrected chi connectivity index (χ4v) is 1.90. The van der Waals surface area contributed by atoms with Crippen molar-refractivity contribution >= 4 is 11.6 Å². The van der Waals surface area contributed by atoms with E-state index >= 15 is 0 Å². The molecule has 0 aromatic carbocycles. The lowest BCUT2D eigenvalue weighted by atomic mass is 10.2. The Balaban J connectivity index is 2.63. The van der Waals surface area contributed by atoms with E-state index in [0.717, 1.165) is 36.0 Å². The number of anilines is 2. The molecular formula is C14H26N4. The van der Waals surface area contributed by atoms with Crippen molar-refractivity contribution in [3.63, 3.8) is 0 Å². The van der Waals surface area contributed by atoms with Crippen LogP contribution in [0.1, 0.15) is 50.9 Å². The number of unbranched alkanes of at least 4 members (excludes halogenated alkanes) is 3. The molecule has 0 aliphatic carbocycles. The van der Waals surface area contributed by atoms with E-state index in [1.165, 1.54) is 25.7 Å². The molecule has 2 N–H and O–H groups in total. The van der Waals surface area contributed by atoms with E-state index in [4.69, 9.17) is 0 Å².